The zero-order valence-corrected chi connectivity index (χ0v) is 9.71. The third-order valence-corrected chi connectivity index (χ3v) is 2.85. The van der Waals surface area contributed by atoms with Gasteiger partial charge in [-0.15, -0.1) is 0 Å². The predicted octanol–water partition coefficient (Wildman–Crippen LogP) is 2.51. The number of aryl methyl sites for hydroxylation is 1. The molecule has 0 spiro atoms. The van der Waals surface area contributed by atoms with Crippen LogP contribution < -0.4 is 5.56 Å². The molecule has 4 heteroatoms. The van der Waals surface area contributed by atoms with Crippen molar-refractivity contribution < 1.29 is 0 Å². The monoisotopic (exact) mass is 264 g/mol. The number of nitrogens with one attached hydrogen (secondary N) is 1. The van der Waals surface area contributed by atoms with Gasteiger partial charge in [-0.1, -0.05) is 34.1 Å². The molecule has 1 aromatic heterocycles. The maximum Gasteiger partial charge on any atom is 0.264 e. The van der Waals surface area contributed by atoms with Gasteiger partial charge in [-0.3, -0.25) is 4.79 Å². The molecule has 3 nitrogen and oxygen atoms in total. The van der Waals surface area contributed by atoms with Crippen molar-refractivity contribution in [2.24, 2.45) is 0 Å². The fourth-order valence-electron chi connectivity index (χ4n) is 1.42. The van der Waals surface area contributed by atoms with Crippen LogP contribution in [0.25, 0.3) is 11.1 Å². The molecule has 0 aliphatic rings. The van der Waals surface area contributed by atoms with Crippen LogP contribution in [0.4, 0.5) is 0 Å². The third kappa shape index (κ3) is 1.99. The Balaban J connectivity index is 2.69. The Hall–Kier alpha value is -1.42. The maximum absolute atomic E-state index is 11.2. The molecule has 0 aliphatic carbocycles. The number of aromatic amines is 1. The summed E-state index contributed by atoms with van der Waals surface area (Å²) < 4.78 is 0.959. The summed E-state index contributed by atoms with van der Waals surface area (Å²) in [6.45, 7) is 1.87. The van der Waals surface area contributed by atoms with Crippen molar-refractivity contribution in [2.45, 2.75) is 6.92 Å². The fourth-order valence-corrected chi connectivity index (χ4v) is 1.92. The molecule has 0 fully saturated rings. The Morgan fingerprint density at radius 3 is 2.73 bits per heavy atom. The molecule has 0 saturated heterocycles. The van der Waals surface area contributed by atoms with Crippen molar-refractivity contribution in [3.05, 3.63) is 50.9 Å². The lowest BCUT2D eigenvalue weighted by Crippen LogP contribution is -2.08. The van der Waals surface area contributed by atoms with Crippen LogP contribution in [0.1, 0.15) is 5.69 Å². The first-order valence-corrected chi connectivity index (χ1v) is 5.29. The van der Waals surface area contributed by atoms with E-state index in [1.54, 1.807) is 6.07 Å². The van der Waals surface area contributed by atoms with Gasteiger partial charge in [0.15, 0.2) is 0 Å². The average molecular weight is 265 g/mol. The first-order chi connectivity index (χ1) is 7.18. The highest BCUT2D eigenvalue weighted by Gasteiger charge is 2.06. The van der Waals surface area contributed by atoms with Crippen molar-refractivity contribution >= 4 is 15.9 Å². The highest BCUT2D eigenvalue weighted by atomic mass is 79.9. The molecule has 15 heavy (non-hydrogen) atoms. The van der Waals surface area contributed by atoms with Gasteiger partial charge in [0.25, 0.3) is 5.56 Å². The smallest absolute Gasteiger partial charge is 0.264 e. The number of hydrogen-bond donors (Lipinski definition) is 1. The van der Waals surface area contributed by atoms with Crippen LogP contribution in [0.2, 0.25) is 0 Å². The number of H-pyrrole nitrogens is 1. The first kappa shape index (κ1) is 10.1. The van der Waals surface area contributed by atoms with Crippen molar-refractivity contribution in [1.82, 2.24) is 10.2 Å². The Labute approximate surface area is 95.3 Å². The second-order valence-corrected chi connectivity index (χ2v) is 4.07. The van der Waals surface area contributed by atoms with E-state index < -0.39 is 0 Å². The normalized spacial score (nSPS) is 10.3. The minimum atomic E-state index is -0.189. The summed E-state index contributed by atoms with van der Waals surface area (Å²) in [5, 5.41) is 6.35. The summed E-state index contributed by atoms with van der Waals surface area (Å²) in [5.41, 5.74) is 2.45. The second kappa shape index (κ2) is 3.98. The van der Waals surface area contributed by atoms with Crippen LogP contribution in [-0.4, -0.2) is 10.2 Å². The topological polar surface area (TPSA) is 45.8 Å². The van der Waals surface area contributed by atoms with Gasteiger partial charge in [0, 0.05) is 16.1 Å². The summed E-state index contributed by atoms with van der Waals surface area (Å²) in [6, 6.07) is 9.32. The molecular formula is C11H9BrN2O. The summed E-state index contributed by atoms with van der Waals surface area (Å²) in [7, 11) is 0. The Morgan fingerprint density at radius 2 is 2.00 bits per heavy atom. The van der Waals surface area contributed by atoms with Crippen molar-refractivity contribution in [2.75, 3.05) is 0 Å². The van der Waals surface area contributed by atoms with Gasteiger partial charge in [-0.2, -0.15) is 5.10 Å². The lowest BCUT2D eigenvalue weighted by Gasteiger charge is -2.05. The molecule has 0 amide bonds. The minimum Gasteiger partial charge on any atom is -0.268 e. The lowest BCUT2D eigenvalue weighted by atomic mass is 10.1. The number of nitrogens with zero attached hydrogens (tertiary/aromatic N) is 1. The quantitative estimate of drug-likeness (QED) is 0.861. The van der Waals surface area contributed by atoms with E-state index in [9.17, 15) is 4.79 Å². The van der Waals surface area contributed by atoms with Gasteiger partial charge in [-0.25, -0.2) is 5.10 Å². The molecule has 2 rings (SSSR count). The van der Waals surface area contributed by atoms with Gasteiger partial charge >= 0.3 is 0 Å². The predicted molar refractivity (Wildman–Crippen MR) is 62.7 cm³/mol. The lowest BCUT2D eigenvalue weighted by molar-refractivity contribution is 0.949. The molecule has 0 atom stereocenters. The molecule has 0 aliphatic heterocycles. The van der Waals surface area contributed by atoms with Gasteiger partial charge in [0.05, 0.1) is 5.69 Å². The second-order valence-electron chi connectivity index (χ2n) is 3.21. The van der Waals surface area contributed by atoms with Crippen LogP contribution in [0.5, 0.6) is 0 Å². The molecule has 1 aromatic carbocycles. The Morgan fingerprint density at radius 1 is 1.27 bits per heavy atom. The van der Waals surface area contributed by atoms with Crippen LogP contribution in [-0.2, 0) is 0 Å². The molecule has 1 N–H and O–H groups in total. The van der Waals surface area contributed by atoms with Crippen LogP contribution in [0, 0.1) is 6.92 Å². The molecule has 2 aromatic rings. The van der Waals surface area contributed by atoms with E-state index in [1.807, 2.05) is 31.2 Å². The van der Waals surface area contributed by atoms with E-state index in [2.05, 4.69) is 26.1 Å². The molecular weight excluding hydrogens is 256 g/mol. The summed E-state index contributed by atoms with van der Waals surface area (Å²) in [4.78, 5) is 11.2. The molecule has 0 saturated carbocycles. The highest BCUT2D eigenvalue weighted by molar-refractivity contribution is 9.10. The van der Waals surface area contributed by atoms with E-state index in [0.717, 1.165) is 21.3 Å². The summed E-state index contributed by atoms with van der Waals surface area (Å²) in [6.07, 6.45) is 0. The Kier molecular flexibility index (Phi) is 2.68. The van der Waals surface area contributed by atoms with E-state index in [1.165, 1.54) is 0 Å². The number of rotatable bonds is 1. The van der Waals surface area contributed by atoms with Gasteiger partial charge in [0.1, 0.15) is 0 Å². The third-order valence-electron chi connectivity index (χ3n) is 2.16. The number of hydrogen-bond acceptors (Lipinski definition) is 2. The van der Waals surface area contributed by atoms with Crippen LogP contribution in [0.15, 0.2) is 39.6 Å². The zero-order chi connectivity index (χ0) is 10.8. The zero-order valence-electron chi connectivity index (χ0n) is 8.12. The summed E-state index contributed by atoms with van der Waals surface area (Å²) >= 11 is 3.45. The Bertz CT molecular complexity index is 548. The van der Waals surface area contributed by atoms with Gasteiger partial charge in [0.2, 0.25) is 0 Å². The highest BCUT2D eigenvalue weighted by Crippen LogP contribution is 2.28. The van der Waals surface area contributed by atoms with Gasteiger partial charge < -0.3 is 0 Å². The molecule has 0 bridgehead atoms. The van der Waals surface area contributed by atoms with Crippen molar-refractivity contribution in [1.29, 1.82) is 0 Å². The van der Waals surface area contributed by atoms with Crippen molar-refractivity contribution in [3.8, 4) is 11.1 Å². The SMILES string of the molecule is Cc1n[nH]c(=O)cc1-c1ccccc1Br. The maximum atomic E-state index is 11.2. The molecule has 0 radical (unpaired) electrons. The number of aromatic nitrogens is 2. The van der Waals surface area contributed by atoms with Gasteiger partial charge in [-0.05, 0) is 18.6 Å². The number of halogens is 1. The number of benzene rings is 1. The minimum absolute atomic E-state index is 0.189. The average Bonchev–Trinajstić information content (AvgIpc) is 2.23. The largest absolute Gasteiger partial charge is 0.268 e. The van der Waals surface area contributed by atoms with E-state index in [4.69, 9.17) is 0 Å². The summed E-state index contributed by atoms with van der Waals surface area (Å²) in [5.74, 6) is 0. The fraction of sp³-hybridized carbons (Fsp3) is 0.0909. The standard InChI is InChI=1S/C11H9BrN2O/c1-7-9(6-11(15)14-13-7)8-4-2-3-5-10(8)12/h2-6H,1H3,(H,14,15). The molecule has 1 heterocycles. The van der Waals surface area contributed by atoms with E-state index >= 15 is 0 Å². The van der Waals surface area contributed by atoms with E-state index in [0.29, 0.717) is 0 Å². The van der Waals surface area contributed by atoms with E-state index in [-0.39, 0.29) is 5.56 Å². The van der Waals surface area contributed by atoms with Crippen molar-refractivity contribution in [3.63, 3.8) is 0 Å². The molecule has 76 valence electrons. The van der Waals surface area contributed by atoms with Crippen LogP contribution >= 0.6 is 15.9 Å². The van der Waals surface area contributed by atoms with Crippen LogP contribution in [0.3, 0.4) is 0 Å². The first-order valence-electron chi connectivity index (χ1n) is 4.50. The molecule has 0 unspecified atom stereocenters.